The monoisotopic (exact) mass is 474 g/mol. The average Bonchev–Trinajstić information content (AvgIpc) is 3.10. The van der Waals surface area contributed by atoms with Crippen LogP contribution in [0.5, 0.6) is 0 Å². The van der Waals surface area contributed by atoms with E-state index in [0.717, 1.165) is 25.2 Å². The van der Waals surface area contributed by atoms with Crippen LogP contribution in [0.15, 0.2) is 47.4 Å². The van der Waals surface area contributed by atoms with Crippen LogP contribution in [0.25, 0.3) is 16.7 Å². The molecule has 35 heavy (non-hydrogen) atoms. The lowest BCUT2D eigenvalue weighted by atomic mass is 9.86. The van der Waals surface area contributed by atoms with E-state index in [9.17, 15) is 9.18 Å². The Labute approximate surface area is 204 Å². The van der Waals surface area contributed by atoms with Crippen molar-refractivity contribution >= 4 is 22.7 Å². The molecule has 3 heterocycles. The fourth-order valence-corrected chi connectivity index (χ4v) is 4.68. The standard InChI is InChI=1S/C27H31FN6O/c1-16(2)33-25(35)21-15-30-26(31-19-7-6-17-10-11-29-14-18(17)12-19)32-24(21)34(33)20-8-9-23(28)22(13-20)27(3,4)5/h6-9,12-13,15-16,29H,10-11,14H2,1-5H3,(H,30,31,32). The molecule has 2 N–H and O–H groups in total. The van der Waals surface area contributed by atoms with E-state index >= 15 is 0 Å². The summed E-state index contributed by atoms with van der Waals surface area (Å²) in [5, 5.41) is 7.10. The van der Waals surface area contributed by atoms with Gasteiger partial charge in [0, 0.05) is 24.5 Å². The van der Waals surface area contributed by atoms with Crippen LogP contribution in [0, 0.1) is 5.82 Å². The number of hydrogen-bond donors (Lipinski definition) is 2. The Hall–Kier alpha value is -3.52. The van der Waals surface area contributed by atoms with Crippen molar-refractivity contribution < 1.29 is 4.39 Å². The molecule has 2 aromatic carbocycles. The van der Waals surface area contributed by atoms with E-state index in [1.54, 1.807) is 27.7 Å². The van der Waals surface area contributed by atoms with E-state index in [1.165, 1.54) is 17.2 Å². The zero-order chi connectivity index (χ0) is 24.9. The molecule has 1 aliphatic heterocycles. The largest absolute Gasteiger partial charge is 0.324 e. The van der Waals surface area contributed by atoms with Gasteiger partial charge in [-0.1, -0.05) is 26.8 Å². The van der Waals surface area contributed by atoms with Crippen LogP contribution in [0.2, 0.25) is 0 Å². The molecular formula is C27H31FN6O. The highest BCUT2D eigenvalue weighted by Crippen LogP contribution is 2.29. The lowest BCUT2D eigenvalue weighted by Gasteiger charge is -2.22. The van der Waals surface area contributed by atoms with Crippen molar-refractivity contribution in [2.75, 3.05) is 11.9 Å². The van der Waals surface area contributed by atoms with Gasteiger partial charge < -0.3 is 10.6 Å². The van der Waals surface area contributed by atoms with Crippen LogP contribution in [-0.4, -0.2) is 25.9 Å². The maximum Gasteiger partial charge on any atom is 0.278 e. The molecule has 0 radical (unpaired) electrons. The maximum atomic E-state index is 14.7. The third kappa shape index (κ3) is 4.23. The molecule has 0 unspecified atom stereocenters. The van der Waals surface area contributed by atoms with Crippen LogP contribution in [0.4, 0.5) is 16.0 Å². The second kappa shape index (κ2) is 8.61. The highest BCUT2D eigenvalue weighted by molar-refractivity contribution is 5.77. The molecule has 0 aliphatic carbocycles. The Balaban J connectivity index is 1.64. The van der Waals surface area contributed by atoms with E-state index in [2.05, 4.69) is 27.8 Å². The smallest absolute Gasteiger partial charge is 0.278 e. The summed E-state index contributed by atoms with van der Waals surface area (Å²) in [6.45, 7) is 11.6. The van der Waals surface area contributed by atoms with E-state index in [0.29, 0.717) is 28.2 Å². The second-order valence-corrected chi connectivity index (χ2v) is 10.4. The topological polar surface area (TPSA) is 76.8 Å². The Bertz CT molecular complexity index is 1480. The first-order valence-electron chi connectivity index (χ1n) is 12.0. The highest BCUT2D eigenvalue weighted by atomic mass is 19.1. The third-order valence-corrected chi connectivity index (χ3v) is 6.46. The van der Waals surface area contributed by atoms with Gasteiger partial charge in [-0.15, -0.1) is 0 Å². The minimum absolute atomic E-state index is 0.135. The Kier molecular flexibility index (Phi) is 5.71. The van der Waals surface area contributed by atoms with E-state index in [4.69, 9.17) is 4.98 Å². The van der Waals surface area contributed by atoms with Gasteiger partial charge in [-0.2, -0.15) is 4.98 Å². The number of nitrogens with zero attached hydrogens (tertiary/aromatic N) is 4. The lowest BCUT2D eigenvalue weighted by molar-refractivity contribution is 0.473. The van der Waals surface area contributed by atoms with Crippen molar-refractivity contribution in [2.45, 2.75) is 59.0 Å². The molecule has 0 saturated heterocycles. The van der Waals surface area contributed by atoms with Gasteiger partial charge in [0.2, 0.25) is 5.95 Å². The number of nitrogens with one attached hydrogen (secondary N) is 2. The number of halogens is 1. The molecule has 0 saturated carbocycles. The predicted molar refractivity (Wildman–Crippen MR) is 137 cm³/mol. The lowest BCUT2D eigenvalue weighted by Crippen LogP contribution is -2.24. The number of anilines is 2. The highest BCUT2D eigenvalue weighted by Gasteiger charge is 2.23. The summed E-state index contributed by atoms with van der Waals surface area (Å²) in [6, 6.07) is 11.1. The van der Waals surface area contributed by atoms with Crippen molar-refractivity contribution in [1.82, 2.24) is 24.6 Å². The van der Waals surface area contributed by atoms with Gasteiger partial charge in [0.15, 0.2) is 5.65 Å². The van der Waals surface area contributed by atoms with Crippen LogP contribution < -0.4 is 16.2 Å². The van der Waals surface area contributed by atoms with Gasteiger partial charge in [-0.25, -0.2) is 18.7 Å². The quantitative estimate of drug-likeness (QED) is 0.436. The number of fused-ring (bicyclic) bond motifs is 2. The molecule has 0 fully saturated rings. The molecule has 0 bridgehead atoms. The van der Waals surface area contributed by atoms with Gasteiger partial charge in [0.1, 0.15) is 11.2 Å². The zero-order valence-corrected chi connectivity index (χ0v) is 20.8. The molecule has 7 nitrogen and oxygen atoms in total. The molecule has 1 aliphatic rings. The molecular weight excluding hydrogens is 443 g/mol. The SMILES string of the molecule is CC(C)n1c(=O)c2cnc(Nc3ccc4c(c3)CNCC4)nc2n1-c1ccc(F)c(C(C)(C)C)c1. The summed E-state index contributed by atoms with van der Waals surface area (Å²) < 4.78 is 18.1. The number of hydrogen-bond acceptors (Lipinski definition) is 5. The van der Waals surface area contributed by atoms with Crippen molar-refractivity contribution in [2.24, 2.45) is 0 Å². The molecule has 0 spiro atoms. The first kappa shape index (κ1) is 23.2. The summed E-state index contributed by atoms with van der Waals surface area (Å²) in [5.41, 5.74) is 4.66. The average molecular weight is 475 g/mol. The molecule has 182 valence electrons. The molecule has 4 aromatic rings. The van der Waals surface area contributed by atoms with Gasteiger partial charge in [0.05, 0.1) is 5.69 Å². The van der Waals surface area contributed by atoms with Crippen molar-refractivity contribution in [3.05, 3.63) is 75.5 Å². The minimum Gasteiger partial charge on any atom is -0.324 e. The second-order valence-electron chi connectivity index (χ2n) is 10.4. The summed E-state index contributed by atoms with van der Waals surface area (Å²) in [6.07, 6.45) is 2.58. The van der Waals surface area contributed by atoms with E-state index in [-0.39, 0.29) is 17.4 Å². The van der Waals surface area contributed by atoms with Crippen LogP contribution in [-0.2, 0) is 18.4 Å². The van der Waals surface area contributed by atoms with Crippen molar-refractivity contribution in [3.63, 3.8) is 0 Å². The predicted octanol–water partition coefficient (Wildman–Crippen LogP) is 4.99. The van der Waals surface area contributed by atoms with Crippen LogP contribution in [0.3, 0.4) is 0 Å². The zero-order valence-electron chi connectivity index (χ0n) is 20.8. The van der Waals surface area contributed by atoms with Gasteiger partial charge in [0.25, 0.3) is 5.56 Å². The number of rotatable bonds is 4. The first-order valence-corrected chi connectivity index (χ1v) is 12.0. The van der Waals surface area contributed by atoms with Crippen molar-refractivity contribution in [1.29, 1.82) is 0 Å². The molecule has 0 amide bonds. The Morgan fingerprint density at radius 1 is 1.11 bits per heavy atom. The maximum absolute atomic E-state index is 14.7. The Morgan fingerprint density at radius 3 is 2.66 bits per heavy atom. The molecule has 2 aromatic heterocycles. The Morgan fingerprint density at radius 2 is 1.91 bits per heavy atom. The third-order valence-electron chi connectivity index (χ3n) is 6.46. The minimum atomic E-state index is -0.394. The van der Waals surface area contributed by atoms with E-state index < -0.39 is 5.41 Å². The summed E-state index contributed by atoms with van der Waals surface area (Å²) >= 11 is 0. The molecule has 8 heteroatoms. The number of benzene rings is 2. The van der Waals surface area contributed by atoms with Gasteiger partial charge >= 0.3 is 0 Å². The fraction of sp³-hybridized carbons (Fsp3) is 0.370. The van der Waals surface area contributed by atoms with E-state index in [1.807, 2.05) is 40.7 Å². The molecule has 0 atom stereocenters. The number of aromatic nitrogens is 4. The first-order chi connectivity index (χ1) is 16.6. The van der Waals surface area contributed by atoms with Gasteiger partial charge in [-0.05, 0) is 79.3 Å². The van der Waals surface area contributed by atoms with Crippen LogP contribution in [0.1, 0.15) is 57.4 Å². The summed E-state index contributed by atoms with van der Waals surface area (Å²) in [5.74, 6) is 0.129. The van der Waals surface area contributed by atoms with Crippen LogP contribution >= 0.6 is 0 Å². The molecule has 5 rings (SSSR count). The normalized spacial score (nSPS) is 13.9. The van der Waals surface area contributed by atoms with Crippen molar-refractivity contribution in [3.8, 4) is 5.69 Å². The van der Waals surface area contributed by atoms with Gasteiger partial charge in [-0.3, -0.25) is 4.79 Å². The summed E-state index contributed by atoms with van der Waals surface area (Å²) in [7, 11) is 0. The fourth-order valence-electron chi connectivity index (χ4n) is 4.68. The summed E-state index contributed by atoms with van der Waals surface area (Å²) in [4.78, 5) is 22.5.